The van der Waals surface area contributed by atoms with E-state index in [1.54, 1.807) is 36.4 Å². The molecule has 1 heterocycles. The monoisotopic (exact) mass is 343 g/mol. The second kappa shape index (κ2) is 5.87. The van der Waals surface area contributed by atoms with E-state index in [1.807, 2.05) is 19.9 Å². The molecule has 6 heteroatoms. The molecule has 0 bridgehead atoms. The fraction of sp³-hybridized carbons (Fsp3) is 0.222. The minimum Gasteiger partial charge on any atom is -0.292 e. The Bertz CT molecular complexity index is 947. The van der Waals surface area contributed by atoms with Crippen molar-refractivity contribution in [2.75, 3.05) is 6.54 Å². The summed E-state index contributed by atoms with van der Waals surface area (Å²) >= 11 is 0. The van der Waals surface area contributed by atoms with Crippen molar-refractivity contribution in [1.82, 2.24) is 4.31 Å². The summed E-state index contributed by atoms with van der Waals surface area (Å²) in [6, 6.07) is 11.7. The number of aryl methyl sites for hydroxylation is 2. The topological polar surface area (TPSA) is 71.5 Å². The Labute approximate surface area is 141 Å². The molecule has 2 aromatic carbocycles. The van der Waals surface area contributed by atoms with Gasteiger partial charge in [-0.2, -0.15) is 0 Å². The first-order valence-electron chi connectivity index (χ1n) is 7.53. The lowest BCUT2D eigenvalue weighted by Crippen LogP contribution is -2.44. The highest BCUT2D eigenvalue weighted by molar-refractivity contribution is 7.89. The Morgan fingerprint density at radius 3 is 2.50 bits per heavy atom. The first-order chi connectivity index (χ1) is 11.3. The van der Waals surface area contributed by atoms with E-state index in [2.05, 4.69) is 0 Å². The normalized spacial score (nSPS) is 15.9. The number of sulfonamides is 1. The van der Waals surface area contributed by atoms with Crippen LogP contribution in [0.3, 0.4) is 0 Å². The molecule has 3 rings (SSSR count). The van der Waals surface area contributed by atoms with Gasteiger partial charge in [-0.25, -0.2) is 12.7 Å². The van der Waals surface area contributed by atoms with Crippen LogP contribution < -0.4 is 0 Å². The molecule has 0 saturated carbocycles. The molecular formula is C18H17NO4S. The first kappa shape index (κ1) is 16.4. The SMILES string of the molecule is Cc1ccc(C(=O)CN2C(=O)c3ccccc3CS2(=O)=O)cc1C. The Balaban J connectivity index is 1.93. The summed E-state index contributed by atoms with van der Waals surface area (Å²) in [5.74, 6) is -1.31. The number of nitrogens with zero attached hydrogens (tertiary/aromatic N) is 1. The van der Waals surface area contributed by atoms with Crippen LogP contribution in [0.25, 0.3) is 0 Å². The number of benzene rings is 2. The predicted octanol–water partition coefficient (Wildman–Crippen LogP) is 2.47. The summed E-state index contributed by atoms with van der Waals surface area (Å²) in [5, 5.41) is 0. The predicted molar refractivity (Wildman–Crippen MR) is 90.3 cm³/mol. The van der Waals surface area contributed by atoms with E-state index < -0.39 is 28.3 Å². The first-order valence-corrected chi connectivity index (χ1v) is 9.13. The number of fused-ring (bicyclic) bond motifs is 1. The van der Waals surface area contributed by atoms with Gasteiger partial charge in [-0.1, -0.05) is 30.3 Å². The van der Waals surface area contributed by atoms with Gasteiger partial charge in [0, 0.05) is 11.1 Å². The van der Waals surface area contributed by atoms with Gasteiger partial charge >= 0.3 is 0 Å². The number of carbonyl (C=O) groups excluding carboxylic acids is 2. The molecule has 0 unspecified atom stereocenters. The van der Waals surface area contributed by atoms with Crippen LogP contribution in [-0.2, 0) is 15.8 Å². The van der Waals surface area contributed by atoms with Crippen molar-refractivity contribution >= 4 is 21.7 Å². The maximum Gasteiger partial charge on any atom is 0.268 e. The Kier molecular flexibility index (Phi) is 4.01. The molecular weight excluding hydrogens is 326 g/mol. The van der Waals surface area contributed by atoms with Crippen LogP contribution in [0.5, 0.6) is 0 Å². The quantitative estimate of drug-likeness (QED) is 0.803. The molecule has 5 nitrogen and oxygen atoms in total. The summed E-state index contributed by atoms with van der Waals surface area (Å²) in [6.45, 7) is 3.34. The van der Waals surface area contributed by atoms with Crippen molar-refractivity contribution in [3.8, 4) is 0 Å². The highest BCUT2D eigenvalue weighted by Gasteiger charge is 2.36. The molecule has 2 aromatic rings. The zero-order chi connectivity index (χ0) is 17.5. The number of rotatable bonds is 3. The fourth-order valence-corrected chi connectivity index (χ4v) is 4.16. The molecule has 24 heavy (non-hydrogen) atoms. The summed E-state index contributed by atoms with van der Waals surface area (Å²) < 4.78 is 25.5. The van der Waals surface area contributed by atoms with Crippen molar-refractivity contribution in [3.63, 3.8) is 0 Å². The van der Waals surface area contributed by atoms with Crippen molar-refractivity contribution < 1.29 is 18.0 Å². The molecule has 0 fully saturated rings. The van der Waals surface area contributed by atoms with E-state index in [0.717, 1.165) is 11.1 Å². The molecule has 124 valence electrons. The largest absolute Gasteiger partial charge is 0.292 e. The average Bonchev–Trinajstić information content (AvgIpc) is 2.53. The van der Waals surface area contributed by atoms with E-state index in [1.165, 1.54) is 0 Å². The van der Waals surface area contributed by atoms with E-state index in [4.69, 9.17) is 0 Å². The zero-order valence-corrected chi connectivity index (χ0v) is 14.3. The van der Waals surface area contributed by atoms with Crippen molar-refractivity contribution in [1.29, 1.82) is 0 Å². The number of hydrogen-bond acceptors (Lipinski definition) is 4. The molecule has 0 saturated heterocycles. The molecule has 0 N–H and O–H groups in total. The standard InChI is InChI=1S/C18H17NO4S/c1-12-7-8-14(9-13(12)2)17(20)10-19-18(21)16-6-4-3-5-15(16)11-24(19,22)23/h3-9H,10-11H2,1-2H3. The smallest absolute Gasteiger partial charge is 0.268 e. The van der Waals surface area contributed by atoms with E-state index in [9.17, 15) is 18.0 Å². The molecule has 0 aromatic heterocycles. The van der Waals surface area contributed by atoms with Crippen LogP contribution in [0.15, 0.2) is 42.5 Å². The van der Waals surface area contributed by atoms with Gasteiger partial charge < -0.3 is 0 Å². The minimum atomic E-state index is -3.84. The third-order valence-electron chi connectivity index (χ3n) is 4.26. The molecule has 1 amide bonds. The van der Waals surface area contributed by atoms with Gasteiger partial charge in [0.2, 0.25) is 10.0 Å². The highest BCUT2D eigenvalue weighted by Crippen LogP contribution is 2.25. The van der Waals surface area contributed by atoms with Crippen LogP contribution in [0.2, 0.25) is 0 Å². The van der Waals surface area contributed by atoms with Gasteiger partial charge in [0.15, 0.2) is 5.78 Å². The van der Waals surface area contributed by atoms with Gasteiger partial charge in [-0.3, -0.25) is 9.59 Å². The Hall–Kier alpha value is -2.47. The van der Waals surface area contributed by atoms with E-state index in [0.29, 0.717) is 21.0 Å². The minimum absolute atomic E-state index is 0.269. The molecule has 0 spiro atoms. The number of amides is 1. The number of ketones is 1. The maximum absolute atomic E-state index is 12.5. The average molecular weight is 343 g/mol. The zero-order valence-electron chi connectivity index (χ0n) is 13.4. The van der Waals surface area contributed by atoms with Crippen molar-refractivity contribution in [3.05, 3.63) is 70.3 Å². The second-order valence-corrected chi connectivity index (χ2v) is 7.84. The number of carbonyl (C=O) groups is 2. The lowest BCUT2D eigenvalue weighted by Gasteiger charge is -2.27. The van der Waals surface area contributed by atoms with Crippen molar-refractivity contribution in [2.24, 2.45) is 0 Å². The molecule has 0 atom stereocenters. The highest BCUT2D eigenvalue weighted by atomic mass is 32.2. The van der Waals surface area contributed by atoms with E-state index >= 15 is 0 Å². The molecule has 0 radical (unpaired) electrons. The fourth-order valence-electron chi connectivity index (χ4n) is 2.70. The lowest BCUT2D eigenvalue weighted by atomic mass is 10.0. The van der Waals surface area contributed by atoms with Crippen LogP contribution in [0, 0.1) is 13.8 Å². The number of hydrogen-bond donors (Lipinski definition) is 0. The van der Waals surface area contributed by atoms with E-state index in [-0.39, 0.29) is 5.75 Å². The Morgan fingerprint density at radius 2 is 1.79 bits per heavy atom. The van der Waals surface area contributed by atoms with Gasteiger partial charge in [0.1, 0.15) is 6.54 Å². The summed E-state index contributed by atoms with van der Waals surface area (Å²) in [4.78, 5) is 25.0. The van der Waals surface area contributed by atoms with Gasteiger partial charge in [0.05, 0.1) is 5.75 Å². The Morgan fingerprint density at radius 1 is 1.08 bits per heavy atom. The summed E-state index contributed by atoms with van der Waals surface area (Å²) in [5.41, 5.74) is 3.19. The van der Waals surface area contributed by atoms with Crippen molar-refractivity contribution in [2.45, 2.75) is 19.6 Å². The van der Waals surface area contributed by atoms with Crippen LogP contribution in [-0.4, -0.2) is 31.0 Å². The van der Waals surface area contributed by atoms with Crippen LogP contribution in [0.4, 0.5) is 0 Å². The summed E-state index contributed by atoms with van der Waals surface area (Å²) in [7, 11) is -3.84. The molecule has 0 aliphatic carbocycles. The van der Waals surface area contributed by atoms with Gasteiger partial charge in [0.25, 0.3) is 5.91 Å². The van der Waals surface area contributed by atoms with Gasteiger partial charge in [-0.15, -0.1) is 0 Å². The third kappa shape index (κ3) is 2.85. The van der Waals surface area contributed by atoms with Crippen LogP contribution >= 0.6 is 0 Å². The number of Topliss-reactive ketones (excluding diaryl/α,β-unsaturated/α-hetero) is 1. The van der Waals surface area contributed by atoms with Gasteiger partial charge in [-0.05, 0) is 42.7 Å². The summed E-state index contributed by atoms with van der Waals surface area (Å²) in [6.07, 6.45) is 0. The second-order valence-electron chi connectivity index (χ2n) is 5.95. The van der Waals surface area contributed by atoms with Crippen LogP contribution in [0.1, 0.15) is 37.4 Å². The molecule has 1 aliphatic rings. The lowest BCUT2D eigenvalue weighted by molar-refractivity contribution is 0.0806. The maximum atomic E-state index is 12.5. The third-order valence-corrected chi connectivity index (χ3v) is 5.91. The molecule has 1 aliphatic heterocycles.